The Bertz CT molecular complexity index is 261. The van der Waals surface area contributed by atoms with E-state index in [0.717, 1.165) is 0 Å². The van der Waals surface area contributed by atoms with Crippen LogP contribution >= 0.6 is 0 Å². The van der Waals surface area contributed by atoms with Gasteiger partial charge >= 0.3 is 0 Å². The Morgan fingerprint density at radius 2 is 1.57 bits per heavy atom. The molecule has 0 aliphatic rings. The summed E-state index contributed by atoms with van der Waals surface area (Å²) in [6.07, 6.45) is 2.95. The Morgan fingerprint density at radius 1 is 1.14 bits per heavy atom. The van der Waals surface area contributed by atoms with Crippen molar-refractivity contribution < 1.29 is 4.79 Å². The zero-order chi connectivity index (χ0) is 11.6. The van der Waals surface area contributed by atoms with Crippen LogP contribution in [0.4, 0.5) is 0 Å². The molecule has 0 unspecified atom stereocenters. The molecule has 1 aromatic rings. The van der Waals surface area contributed by atoms with Gasteiger partial charge in [-0.25, -0.2) is 4.98 Å². The monoisotopic (exact) mass is 197 g/mol. The number of carbonyl (C=O) groups is 1. The van der Waals surface area contributed by atoms with Crippen molar-refractivity contribution in [3.8, 4) is 0 Å². The molecule has 0 saturated carbocycles. The van der Waals surface area contributed by atoms with Gasteiger partial charge in [-0.05, 0) is 6.92 Å². The van der Waals surface area contributed by atoms with Crippen LogP contribution in [0.2, 0.25) is 0 Å². The molecule has 0 spiro atoms. The van der Waals surface area contributed by atoms with Gasteiger partial charge in [-0.2, -0.15) is 0 Å². The number of aromatic nitrogens is 2. The van der Waals surface area contributed by atoms with Crippen LogP contribution in [0.3, 0.4) is 0 Å². The minimum Gasteiger partial charge on any atom is -0.364 e. The van der Waals surface area contributed by atoms with Crippen molar-refractivity contribution in [1.82, 2.24) is 9.97 Å². The van der Waals surface area contributed by atoms with E-state index in [1.807, 2.05) is 27.7 Å². The summed E-state index contributed by atoms with van der Waals surface area (Å²) < 4.78 is 0. The van der Waals surface area contributed by atoms with Gasteiger partial charge in [0.25, 0.3) is 5.91 Å². The summed E-state index contributed by atoms with van der Waals surface area (Å²) in [7, 11) is 0. The third-order valence-electron chi connectivity index (χ3n) is 1.11. The second kappa shape index (κ2) is 9.64. The van der Waals surface area contributed by atoms with Crippen molar-refractivity contribution in [3.05, 3.63) is 23.8 Å². The number of nitrogens with two attached hydrogens (primary N) is 1. The van der Waals surface area contributed by atoms with Gasteiger partial charge in [0, 0.05) is 12.4 Å². The van der Waals surface area contributed by atoms with Gasteiger partial charge < -0.3 is 5.73 Å². The fourth-order valence-electron chi connectivity index (χ4n) is 0.649. The van der Waals surface area contributed by atoms with Gasteiger partial charge in [0.1, 0.15) is 5.69 Å². The predicted octanol–water partition coefficient (Wildman–Crippen LogP) is 1.94. The zero-order valence-corrected chi connectivity index (χ0v) is 9.53. The summed E-state index contributed by atoms with van der Waals surface area (Å²) >= 11 is 0. The molecule has 4 heteroatoms. The van der Waals surface area contributed by atoms with E-state index in [0.29, 0.717) is 5.69 Å². The summed E-state index contributed by atoms with van der Waals surface area (Å²) in [5.74, 6) is -0.536. The van der Waals surface area contributed by atoms with E-state index in [-0.39, 0.29) is 5.69 Å². The number of primary amides is 1. The first-order valence-electron chi connectivity index (χ1n) is 4.79. The predicted molar refractivity (Wildman–Crippen MR) is 58.0 cm³/mol. The Hall–Kier alpha value is -1.45. The van der Waals surface area contributed by atoms with E-state index in [1.165, 1.54) is 12.4 Å². The molecule has 4 nitrogen and oxygen atoms in total. The van der Waals surface area contributed by atoms with Gasteiger partial charge in [-0.3, -0.25) is 9.78 Å². The molecule has 0 aliphatic carbocycles. The number of aryl methyl sites for hydroxylation is 1. The number of hydrogen-bond acceptors (Lipinski definition) is 3. The van der Waals surface area contributed by atoms with Crippen LogP contribution in [0.5, 0.6) is 0 Å². The molecule has 1 rings (SSSR count). The first-order chi connectivity index (χ1) is 6.72. The summed E-state index contributed by atoms with van der Waals surface area (Å²) in [6, 6.07) is 0. The van der Waals surface area contributed by atoms with Crippen LogP contribution in [0, 0.1) is 6.92 Å². The van der Waals surface area contributed by atoms with Gasteiger partial charge in [0.05, 0.1) is 5.69 Å². The molecule has 1 amide bonds. The summed E-state index contributed by atoms with van der Waals surface area (Å²) in [5, 5.41) is 0. The van der Waals surface area contributed by atoms with Crippen molar-refractivity contribution in [2.45, 2.75) is 34.6 Å². The standard InChI is InChI=1S/C6H7N3O.2C2H6/c1-4-5(6(7)10)9-3-2-8-4;2*1-2/h2-3H,1H3,(H2,7,10);2*1-2H3. The maximum atomic E-state index is 10.5. The first kappa shape index (κ1) is 15.0. The van der Waals surface area contributed by atoms with Crippen LogP contribution in [0.1, 0.15) is 43.9 Å². The number of amides is 1. The quantitative estimate of drug-likeness (QED) is 0.748. The lowest BCUT2D eigenvalue weighted by Gasteiger charge is -1.95. The van der Waals surface area contributed by atoms with Crippen molar-refractivity contribution in [2.75, 3.05) is 0 Å². The number of carbonyl (C=O) groups excluding carboxylic acids is 1. The topological polar surface area (TPSA) is 68.9 Å². The van der Waals surface area contributed by atoms with Gasteiger partial charge in [-0.1, -0.05) is 27.7 Å². The SMILES string of the molecule is CC.CC.Cc1nccnc1C(N)=O. The zero-order valence-electron chi connectivity index (χ0n) is 9.53. The lowest BCUT2D eigenvalue weighted by molar-refractivity contribution is 0.0994. The highest BCUT2D eigenvalue weighted by molar-refractivity contribution is 5.91. The van der Waals surface area contributed by atoms with Crippen molar-refractivity contribution in [2.24, 2.45) is 5.73 Å². The molecule has 0 aliphatic heterocycles. The molecule has 14 heavy (non-hydrogen) atoms. The van der Waals surface area contributed by atoms with Crippen LogP contribution in [0.15, 0.2) is 12.4 Å². The van der Waals surface area contributed by atoms with E-state index < -0.39 is 5.91 Å². The van der Waals surface area contributed by atoms with E-state index in [1.54, 1.807) is 6.92 Å². The minimum absolute atomic E-state index is 0.238. The summed E-state index contributed by atoms with van der Waals surface area (Å²) in [6.45, 7) is 9.69. The molecule has 0 fully saturated rings. The molecule has 80 valence electrons. The van der Waals surface area contributed by atoms with Gasteiger partial charge in [0.15, 0.2) is 0 Å². The fraction of sp³-hybridized carbons (Fsp3) is 0.500. The van der Waals surface area contributed by atoms with Gasteiger partial charge in [0.2, 0.25) is 0 Å². The molecular weight excluding hydrogens is 178 g/mol. The Balaban J connectivity index is 0. The molecule has 0 aromatic carbocycles. The van der Waals surface area contributed by atoms with E-state index in [9.17, 15) is 4.79 Å². The van der Waals surface area contributed by atoms with E-state index >= 15 is 0 Å². The van der Waals surface area contributed by atoms with Crippen molar-refractivity contribution in [3.63, 3.8) is 0 Å². The number of nitrogens with zero attached hydrogens (tertiary/aromatic N) is 2. The van der Waals surface area contributed by atoms with E-state index in [2.05, 4.69) is 9.97 Å². The molecule has 2 N–H and O–H groups in total. The fourth-order valence-corrected chi connectivity index (χ4v) is 0.649. The van der Waals surface area contributed by atoms with Crippen molar-refractivity contribution >= 4 is 5.91 Å². The second-order valence-electron chi connectivity index (χ2n) is 1.85. The van der Waals surface area contributed by atoms with Crippen LogP contribution in [0.25, 0.3) is 0 Å². The first-order valence-corrected chi connectivity index (χ1v) is 4.79. The molecule has 1 aromatic heterocycles. The maximum absolute atomic E-state index is 10.5. The normalized spacial score (nSPS) is 7.50. The summed E-state index contributed by atoms with van der Waals surface area (Å²) in [5.41, 5.74) is 5.78. The van der Waals surface area contributed by atoms with Gasteiger partial charge in [-0.15, -0.1) is 0 Å². The van der Waals surface area contributed by atoms with Crippen LogP contribution in [-0.4, -0.2) is 15.9 Å². The molecule has 0 bridgehead atoms. The lowest BCUT2D eigenvalue weighted by Crippen LogP contribution is -2.15. The number of rotatable bonds is 1. The third-order valence-corrected chi connectivity index (χ3v) is 1.11. The Kier molecular flexibility index (Phi) is 10.4. The molecule has 0 radical (unpaired) electrons. The molecule has 0 atom stereocenters. The average Bonchev–Trinajstić information content (AvgIpc) is 2.24. The Labute approximate surface area is 85.6 Å². The molecule has 0 saturated heterocycles. The largest absolute Gasteiger partial charge is 0.364 e. The van der Waals surface area contributed by atoms with E-state index in [4.69, 9.17) is 5.73 Å². The average molecular weight is 197 g/mol. The minimum atomic E-state index is -0.536. The van der Waals surface area contributed by atoms with Crippen molar-refractivity contribution in [1.29, 1.82) is 0 Å². The highest BCUT2D eigenvalue weighted by atomic mass is 16.1. The highest BCUT2D eigenvalue weighted by Crippen LogP contribution is 1.95. The van der Waals surface area contributed by atoms with Crippen LogP contribution in [-0.2, 0) is 0 Å². The lowest BCUT2D eigenvalue weighted by atomic mass is 10.3. The number of hydrogen-bond donors (Lipinski definition) is 1. The van der Waals surface area contributed by atoms with Crippen LogP contribution < -0.4 is 5.73 Å². The molecular formula is C10H19N3O. The summed E-state index contributed by atoms with van der Waals surface area (Å²) in [4.78, 5) is 18.1. The second-order valence-corrected chi connectivity index (χ2v) is 1.85. The maximum Gasteiger partial charge on any atom is 0.269 e. The third kappa shape index (κ3) is 5.24. The smallest absolute Gasteiger partial charge is 0.269 e. The Morgan fingerprint density at radius 3 is 1.86 bits per heavy atom. The molecule has 1 heterocycles. The highest BCUT2D eigenvalue weighted by Gasteiger charge is 2.04.